The van der Waals surface area contributed by atoms with Gasteiger partial charge in [0.2, 0.25) is 5.95 Å². The van der Waals surface area contributed by atoms with Crippen molar-refractivity contribution in [3.63, 3.8) is 0 Å². The Balaban J connectivity index is 1.91. The van der Waals surface area contributed by atoms with E-state index in [1.54, 1.807) is 12.4 Å². The molecule has 0 unspecified atom stereocenters. The molecule has 1 aromatic heterocycles. The van der Waals surface area contributed by atoms with Crippen molar-refractivity contribution >= 4 is 23.8 Å². The van der Waals surface area contributed by atoms with E-state index in [0.29, 0.717) is 11.0 Å². The third-order valence-corrected chi connectivity index (χ3v) is 3.35. The number of nitrogens with two attached hydrogens (primary N) is 1. The molecule has 0 saturated carbocycles. The smallest absolute Gasteiger partial charge is 0.221 e. The van der Waals surface area contributed by atoms with Gasteiger partial charge in [0.05, 0.1) is 18.1 Å². The maximum atomic E-state index is 6.08. The van der Waals surface area contributed by atoms with Crippen molar-refractivity contribution in [2.45, 2.75) is 0 Å². The largest absolute Gasteiger partial charge is 0.368 e. The molecule has 104 valence electrons. The monoisotopic (exact) mass is 296 g/mol. The fraction of sp³-hybridized carbons (Fsp3) is 0. The quantitative estimate of drug-likeness (QED) is 0.750. The van der Waals surface area contributed by atoms with Crippen molar-refractivity contribution in [3.05, 3.63) is 71.4 Å². The Kier molecular flexibility index (Phi) is 3.71. The highest BCUT2D eigenvalue weighted by molar-refractivity contribution is 6.33. The zero-order valence-electron chi connectivity index (χ0n) is 11.1. The fourth-order valence-corrected chi connectivity index (χ4v) is 2.11. The highest BCUT2D eigenvalue weighted by Crippen LogP contribution is 2.19. The van der Waals surface area contributed by atoms with Crippen molar-refractivity contribution < 1.29 is 0 Å². The normalized spacial score (nSPS) is 11.1. The minimum atomic E-state index is 0.331. The maximum absolute atomic E-state index is 6.08. The summed E-state index contributed by atoms with van der Waals surface area (Å²) in [4.78, 5) is 4.31. The summed E-state index contributed by atoms with van der Waals surface area (Å²) in [5.41, 5.74) is 8.49. The zero-order chi connectivity index (χ0) is 14.7. The third-order valence-electron chi connectivity index (χ3n) is 3.01. The van der Waals surface area contributed by atoms with Gasteiger partial charge >= 0.3 is 0 Å². The van der Waals surface area contributed by atoms with Gasteiger partial charge in [-0.25, -0.2) is 9.66 Å². The van der Waals surface area contributed by atoms with Gasteiger partial charge in [-0.15, -0.1) is 0 Å². The van der Waals surface area contributed by atoms with Gasteiger partial charge in [-0.1, -0.05) is 60.1 Å². The lowest BCUT2D eigenvalue weighted by atomic mass is 10.2. The van der Waals surface area contributed by atoms with E-state index in [1.807, 2.05) is 54.6 Å². The Bertz CT molecular complexity index is 778. The summed E-state index contributed by atoms with van der Waals surface area (Å²) in [5.74, 6) is 0.331. The molecule has 1 heterocycles. The Morgan fingerprint density at radius 1 is 1.05 bits per heavy atom. The van der Waals surface area contributed by atoms with Crippen LogP contribution in [-0.4, -0.2) is 15.9 Å². The molecule has 0 aliphatic heterocycles. The molecule has 0 aliphatic rings. The summed E-state index contributed by atoms with van der Waals surface area (Å²) in [6.07, 6.45) is 3.45. The average Bonchev–Trinajstić information content (AvgIpc) is 2.89. The van der Waals surface area contributed by atoms with Crippen LogP contribution < -0.4 is 5.73 Å². The molecule has 2 aromatic carbocycles. The number of halogens is 1. The molecule has 0 fully saturated rings. The van der Waals surface area contributed by atoms with Crippen LogP contribution in [-0.2, 0) is 0 Å². The predicted octanol–water partition coefficient (Wildman–Crippen LogP) is 3.67. The van der Waals surface area contributed by atoms with Crippen LogP contribution in [0.3, 0.4) is 0 Å². The number of hydrogen-bond acceptors (Lipinski definition) is 3. The summed E-state index contributed by atoms with van der Waals surface area (Å²) >= 11 is 6.08. The first-order valence-corrected chi connectivity index (χ1v) is 6.81. The summed E-state index contributed by atoms with van der Waals surface area (Å²) in [6, 6.07) is 17.3. The number of benzene rings is 2. The van der Waals surface area contributed by atoms with Crippen LogP contribution in [0.2, 0.25) is 5.02 Å². The van der Waals surface area contributed by atoms with Crippen LogP contribution in [0.15, 0.2) is 65.9 Å². The maximum Gasteiger partial charge on any atom is 0.221 e. The van der Waals surface area contributed by atoms with Gasteiger partial charge in [0.15, 0.2) is 0 Å². The van der Waals surface area contributed by atoms with Gasteiger partial charge in [0.1, 0.15) is 0 Å². The molecular weight excluding hydrogens is 284 g/mol. The molecule has 4 nitrogen and oxygen atoms in total. The Hall–Kier alpha value is -2.59. The fourth-order valence-electron chi connectivity index (χ4n) is 1.93. The van der Waals surface area contributed by atoms with Crippen LogP contribution in [0.5, 0.6) is 0 Å². The first-order chi connectivity index (χ1) is 10.2. The van der Waals surface area contributed by atoms with Crippen LogP contribution in [0.1, 0.15) is 5.56 Å². The van der Waals surface area contributed by atoms with Crippen LogP contribution in [0, 0.1) is 0 Å². The molecule has 0 spiro atoms. The van der Waals surface area contributed by atoms with Gasteiger partial charge < -0.3 is 5.73 Å². The average molecular weight is 297 g/mol. The van der Waals surface area contributed by atoms with Gasteiger partial charge in [-0.2, -0.15) is 5.10 Å². The number of hydrogen-bond donors (Lipinski definition) is 1. The molecule has 0 radical (unpaired) electrons. The van der Waals surface area contributed by atoms with Crippen LogP contribution >= 0.6 is 11.6 Å². The lowest BCUT2D eigenvalue weighted by Gasteiger charge is -1.97. The Morgan fingerprint density at radius 3 is 2.52 bits per heavy atom. The summed E-state index contributed by atoms with van der Waals surface area (Å²) in [5, 5.41) is 4.94. The lowest BCUT2D eigenvalue weighted by molar-refractivity contribution is 0.898. The van der Waals surface area contributed by atoms with E-state index in [2.05, 4.69) is 10.1 Å². The Labute approximate surface area is 127 Å². The first kappa shape index (κ1) is 13.4. The van der Waals surface area contributed by atoms with Gasteiger partial charge in [-0.05, 0) is 6.07 Å². The molecule has 0 amide bonds. The number of nitrogen functional groups attached to an aromatic ring is 1. The SMILES string of the molecule is Nc1nc(-c2ccccc2)cn1/N=C/c1ccccc1Cl. The first-order valence-electron chi connectivity index (χ1n) is 6.43. The van der Waals surface area contributed by atoms with Crippen molar-refractivity contribution in [1.82, 2.24) is 9.66 Å². The van der Waals surface area contributed by atoms with Gasteiger partial charge in [0, 0.05) is 16.1 Å². The highest BCUT2D eigenvalue weighted by Gasteiger charge is 2.05. The van der Waals surface area contributed by atoms with E-state index in [4.69, 9.17) is 17.3 Å². The van der Waals surface area contributed by atoms with E-state index in [0.717, 1.165) is 16.8 Å². The number of rotatable bonds is 3. The minimum absolute atomic E-state index is 0.331. The second-order valence-corrected chi connectivity index (χ2v) is 4.87. The highest BCUT2D eigenvalue weighted by atomic mass is 35.5. The molecule has 5 heteroatoms. The van der Waals surface area contributed by atoms with Crippen molar-refractivity contribution in [3.8, 4) is 11.3 Å². The Morgan fingerprint density at radius 2 is 1.76 bits per heavy atom. The van der Waals surface area contributed by atoms with Gasteiger partial charge in [0.25, 0.3) is 0 Å². The second-order valence-electron chi connectivity index (χ2n) is 4.46. The van der Waals surface area contributed by atoms with E-state index < -0.39 is 0 Å². The van der Waals surface area contributed by atoms with Crippen LogP contribution in [0.4, 0.5) is 5.95 Å². The molecule has 3 rings (SSSR count). The molecular formula is C16H13ClN4. The molecule has 0 aliphatic carbocycles. The van der Waals surface area contributed by atoms with E-state index >= 15 is 0 Å². The third kappa shape index (κ3) is 2.95. The van der Waals surface area contributed by atoms with Gasteiger partial charge in [-0.3, -0.25) is 0 Å². The number of imidazole rings is 1. The second kappa shape index (κ2) is 5.81. The van der Waals surface area contributed by atoms with Crippen molar-refractivity contribution in [2.24, 2.45) is 5.10 Å². The minimum Gasteiger partial charge on any atom is -0.368 e. The van der Waals surface area contributed by atoms with Crippen molar-refractivity contribution in [2.75, 3.05) is 5.73 Å². The van der Waals surface area contributed by atoms with E-state index in [9.17, 15) is 0 Å². The summed E-state index contributed by atoms with van der Waals surface area (Å²) in [7, 11) is 0. The predicted molar refractivity (Wildman–Crippen MR) is 86.5 cm³/mol. The molecule has 0 saturated heterocycles. The summed E-state index contributed by atoms with van der Waals surface area (Å²) < 4.78 is 1.53. The molecule has 2 N–H and O–H groups in total. The number of nitrogens with zero attached hydrogens (tertiary/aromatic N) is 3. The van der Waals surface area contributed by atoms with E-state index in [-0.39, 0.29) is 0 Å². The topological polar surface area (TPSA) is 56.2 Å². The zero-order valence-corrected chi connectivity index (χ0v) is 11.9. The standard InChI is InChI=1S/C16H13ClN4/c17-14-9-5-4-8-13(14)10-19-21-11-15(20-16(21)18)12-6-2-1-3-7-12/h1-11H,(H2,18,20)/b19-10+. The number of aromatic nitrogens is 2. The summed E-state index contributed by atoms with van der Waals surface area (Å²) in [6.45, 7) is 0. The molecule has 3 aromatic rings. The lowest BCUT2D eigenvalue weighted by Crippen LogP contribution is -1.97. The van der Waals surface area contributed by atoms with Crippen molar-refractivity contribution in [1.29, 1.82) is 0 Å². The molecule has 0 bridgehead atoms. The number of anilines is 1. The van der Waals surface area contributed by atoms with E-state index in [1.165, 1.54) is 4.68 Å². The molecule has 0 atom stereocenters. The van der Waals surface area contributed by atoms with Crippen LogP contribution in [0.25, 0.3) is 11.3 Å². The molecule has 21 heavy (non-hydrogen) atoms.